The molecule has 4 heteroatoms. The molecule has 1 fully saturated rings. The molecule has 0 unspecified atom stereocenters. The van der Waals surface area contributed by atoms with E-state index in [1.165, 1.54) is 0 Å². The van der Waals surface area contributed by atoms with Crippen LogP contribution in [-0.4, -0.2) is 38.0 Å². The fourth-order valence-corrected chi connectivity index (χ4v) is 2.17. The Morgan fingerprint density at radius 3 is 2.79 bits per heavy atom. The van der Waals surface area contributed by atoms with E-state index in [0.29, 0.717) is 6.79 Å². The number of hydrogen-bond donors (Lipinski definition) is 0. The molecule has 1 saturated heterocycles. The molecule has 0 amide bonds. The van der Waals surface area contributed by atoms with Crippen LogP contribution in [-0.2, 0) is 4.74 Å². The first-order chi connectivity index (χ1) is 9.33. The van der Waals surface area contributed by atoms with Gasteiger partial charge in [-0.3, -0.25) is 0 Å². The second-order valence-corrected chi connectivity index (χ2v) is 4.54. The predicted molar refractivity (Wildman–Crippen MR) is 73.1 cm³/mol. The lowest BCUT2D eigenvalue weighted by Crippen LogP contribution is -2.34. The van der Waals surface area contributed by atoms with Crippen LogP contribution < -0.4 is 9.47 Å². The lowest BCUT2D eigenvalue weighted by atomic mass is 10.1. The van der Waals surface area contributed by atoms with Crippen LogP contribution in [0.3, 0.4) is 0 Å². The molecule has 3 rings (SSSR count). The first-order valence-electron chi connectivity index (χ1n) is 6.42. The highest BCUT2D eigenvalue weighted by atomic mass is 16.7. The van der Waals surface area contributed by atoms with E-state index >= 15 is 0 Å². The Morgan fingerprint density at radius 2 is 1.95 bits per heavy atom. The van der Waals surface area contributed by atoms with Crippen molar-refractivity contribution in [3.05, 3.63) is 42.1 Å². The number of fused-ring (bicyclic) bond motifs is 1. The fraction of sp³-hybridized carbons (Fsp3) is 0.333. The minimum Gasteiger partial charge on any atom is -0.454 e. The Labute approximate surface area is 112 Å². The van der Waals surface area contributed by atoms with Crippen molar-refractivity contribution < 1.29 is 14.2 Å². The molecule has 0 atom stereocenters. The molecule has 1 aromatic carbocycles. The van der Waals surface area contributed by atoms with Crippen LogP contribution in [0.5, 0.6) is 11.5 Å². The quantitative estimate of drug-likeness (QED) is 0.779. The summed E-state index contributed by atoms with van der Waals surface area (Å²) in [6.45, 7) is 7.77. The highest BCUT2D eigenvalue weighted by Gasteiger charge is 2.13. The van der Waals surface area contributed by atoms with E-state index in [-0.39, 0.29) is 0 Å². The summed E-state index contributed by atoms with van der Waals surface area (Å²) in [7, 11) is 0. The van der Waals surface area contributed by atoms with Gasteiger partial charge in [-0.1, -0.05) is 18.7 Å². The van der Waals surface area contributed by atoms with Gasteiger partial charge in [0, 0.05) is 18.8 Å². The summed E-state index contributed by atoms with van der Waals surface area (Å²) in [5.74, 6) is 1.61. The molecule has 2 heterocycles. The van der Waals surface area contributed by atoms with Crippen molar-refractivity contribution in [2.45, 2.75) is 0 Å². The van der Waals surface area contributed by atoms with Crippen LogP contribution in [0.25, 0.3) is 6.08 Å². The van der Waals surface area contributed by atoms with Crippen LogP contribution >= 0.6 is 0 Å². The standard InChI is InChI=1S/C15H17NO3/c1-12(16-6-8-17-9-7-16)2-3-13-4-5-14-15(10-13)19-11-18-14/h2-5,10H,1,6-9,11H2/b3-2+. The van der Waals surface area contributed by atoms with Crippen molar-refractivity contribution in [1.29, 1.82) is 0 Å². The molecule has 100 valence electrons. The van der Waals surface area contributed by atoms with Gasteiger partial charge in [0.1, 0.15) is 0 Å². The van der Waals surface area contributed by atoms with E-state index in [9.17, 15) is 0 Å². The molecule has 0 bridgehead atoms. The smallest absolute Gasteiger partial charge is 0.231 e. The zero-order chi connectivity index (χ0) is 13.1. The number of rotatable bonds is 3. The normalized spacial score (nSPS) is 18.0. The van der Waals surface area contributed by atoms with Gasteiger partial charge in [0.05, 0.1) is 13.2 Å². The van der Waals surface area contributed by atoms with Crippen molar-refractivity contribution in [3.63, 3.8) is 0 Å². The van der Waals surface area contributed by atoms with E-state index < -0.39 is 0 Å². The van der Waals surface area contributed by atoms with Crippen LogP contribution in [0.2, 0.25) is 0 Å². The predicted octanol–water partition coefficient (Wildman–Crippen LogP) is 2.27. The molecule has 0 spiro atoms. The van der Waals surface area contributed by atoms with Gasteiger partial charge in [-0.25, -0.2) is 0 Å². The number of benzene rings is 1. The molecule has 19 heavy (non-hydrogen) atoms. The van der Waals surface area contributed by atoms with Crippen molar-refractivity contribution in [3.8, 4) is 11.5 Å². The minimum absolute atomic E-state index is 0.309. The van der Waals surface area contributed by atoms with E-state index in [4.69, 9.17) is 14.2 Å². The van der Waals surface area contributed by atoms with Crippen LogP contribution in [0, 0.1) is 0 Å². The molecule has 1 aromatic rings. The summed E-state index contributed by atoms with van der Waals surface area (Å²) in [6.07, 6.45) is 4.07. The topological polar surface area (TPSA) is 30.9 Å². The van der Waals surface area contributed by atoms with Crippen molar-refractivity contribution >= 4 is 6.08 Å². The average Bonchev–Trinajstić information content (AvgIpc) is 2.93. The monoisotopic (exact) mass is 259 g/mol. The first-order valence-corrected chi connectivity index (χ1v) is 6.42. The molecule has 0 N–H and O–H groups in total. The fourth-order valence-electron chi connectivity index (χ4n) is 2.17. The third-order valence-electron chi connectivity index (χ3n) is 3.28. The molecule has 2 aliphatic heterocycles. The van der Waals surface area contributed by atoms with Gasteiger partial charge < -0.3 is 19.1 Å². The summed E-state index contributed by atoms with van der Waals surface area (Å²) in [5.41, 5.74) is 2.10. The van der Waals surface area contributed by atoms with Gasteiger partial charge in [0.25, 0.3) is 0 Å². The summed E-state index contributed by atoms with van der Waals surface area (Å²) in [5, 5.41) is 0. The lowest BCUT2D eigenvalue weighted by molar-refractivity contribution is 0.0556. The Kier molecular flexibility index (Phi) is 3.42. The van der Waals surface area contributed by atoms with Gasteiger partial charge in [-0.2, -0.15) is 0 Å². The van der Waals surface area contributed by atoms with E-state index in [0.717, 1.165) is 49.1 Å². The number of ether oxygens (including phenoxy) is 3. The summed E-state index contributed by atoms with van der Waals surface area (Å²) >= 11 is 0. The molecule has 0 aromatic heterocycles. The van der Waals surface area contributed by atoms with Crippen LogP contribution in [0.1, 0.15) is 5.56 Å². The van der Waals surface area contributed by atoms with Gasteiger partial charge in [0.15, 0.2) is 11.5 Å². The summed E-state index contributed by atoms with van der Waals surface area (Å²) in [4.78, 5) is 2.23. The Bertz CT molecular complexity index is 504. The zero-order valence-corrected chi connectivity index (χ0v) is 10.8. The molecule has 0 radical (unpaired) electrons. The largest absolute Gasteiger partial charge is 0.454 e. The van der Waals surface area contributed by atoms with Gasteiger partial charge in [-0.05, 0) is 23.8 Å². The van der Waals surface area contributed by atoms with Crippen molar-refractivity contribution in [2.24, 2.45) is 0 Å². The Hall–Kier alpha value is -1.94. The third-order valence-corrected chi connectivity index (χ3v) is 3.28. The zero-order valence-electron chi connectivity index (χ0n) is 10.8. The summed E-state index contributed by atoms with van der Waals surface area (Å²) < 4.78 is 16.0. The molecule has 0 saturated carbocycles. The number of allylic oxidation sites excluding steroid dienone is 1. The maximum absolute atomic E-state index is 5.36. The SMILES string of the molecule is C=C(/C=C/c1ccc2c(c1)OCO2)N1CCOCC1. The van der Waals surface area contributed by atoms with E-state index in [1.807, 2.05) is 30.4 Å². The Balaban J connectivity index is 1.66. The first kappa shape index (κ1) is 12.1. The van der Waals surface area contributed by atoms with Crippen LogP contribution in [0.4, 0.5) is 0 Å². The summed E-state index contributed by atoms with van der Waals surface area (Å²) in [6, 6.07) is 5.92. The van der Waals surface area contributed by atoms with E-state index in [1.54, 1.807) is 0 Å². The molecule has 2 aliphatic rings. The molecular weight excluding hydrogens is 242 g/mol. The second kappa shape index (κ2) is 5.36. The van der Waals surface area contributed by atoms with Crippen LogP contribution in [0.15, 0.2) is 36.6 Å². The Morgan fingerprint density at radius 1 is 1.16 bits per heavy atom. The molecular formula is C15H17NO3. The third kappa shape index (κ3) is 2.74. The second-order valence-electron chi connectivity index (χ2n) is 4.54. The number of hydrogen-bond acceptors (Lipinski definition) is 4. The average molecular weight is 259 g/mol. The number of nitrogens with zero attached hydrogens (tertiary/aromatic N) is 1. The highest BCUT2D eigenvalue weighted by molar-refractivity contribution is 5.58. The minimum atomic E-state index is 0.309. The van der Waals surface area contributed by atoms with Crippen molar-refractivity contribution in [2.75, 3.05) is 33.1 Å². The maximum atomic E-state index is 5.36. The number of morpholine rings is 1. The highest BCUT2D eigenvalue weighted by Crippen LogP contribution is 2.32. The molecule has 4 nitrogen and oxygen atoms in total. The van der Waals surface area contributed by atoms with E-state index in [2.05, 4.69) is 11.5 Å². The van der Waals surface area contributed by atoms with Gasteiger partial charge in [-0.15, -0.1) is 0 Å². The molecule has 0 aliphatic carbocycles. The maximum Gasteiger partial charge on any atom is 0.231 e. The van der Waals surface area contributed by atoms with Crippen molar-refractivity contribution in [1.82, 2.24) is 4.90 Å². The van der Waals surface area contributed by atoms with Gasteiger partial charge in [0.2, 0.25) is 6.79 Å². The van der Waals surface area contributed by atoms with Gasteiger partial charge >= 0.3 is 0 Å². The lowest BCUT2D eigenvalue weighted by Gasteiger charge is -2.28.